The number of nitrogens with one attached hydrogen (secondary N) is 3. The monoisotopic (exact) mass is 884 g/mol. The van der Waals surface area contributed by atoms with Crippen molar-refractivity contribution in [2.45, 2.75) is 71.1 Å². The van der Waals surface area contributed by atoms with E-state index in [2.05, 4.69) is 35.7 Å². The summed E-state index contributed by atoms with van der Waals surface area (Å²) in [6.07, 6.45) is 5.42. The third kappa shape index (κ3) is 9.51. The number of ether oxygens (including phenoxy) is 2. The summed E-state index contributed by atoms with van der Waals surface area (Å²) < 4.78 is 26.8. The number of nitrogens with zero attached hydrogens (tertiary/aromatic N) is 7. The van der Waals surface area contributed by atoms with E-state index in [-0.39, 0.29) is 24.1 Å². The Balaban J connectivity index is 0.776. The van der Waals surface area contributed by atoms with E-state index in [0.717, 1.165) is 59.2 Å². The van der Waals surface area contributed by atoms with Gasteiger partial charge in [0.05, 0.1) is 17.7 Å². The van der Waals surface area contributed by atoms with Crippen LogP contribution in [0.25, 0.3) is 22.0 Å². The number of hydrogen-bond acceptors (Lipinski definition) is 13. The van der Waals surface area contributed by atoms with Crippen molar-refractivity contribution in [1.82, 2.24) is 30.1 Å². The molecule has 5 aromatic rings. The van der Waals surface area contributed by atoms with Gasteiger partial charge in [-0.2, -0.15) is 0 Å². The molecule has 1 atom stereocenters. The number of likely N-dealkylation sites (tertiary alicyclic amines) is 1. The van der Waals surface area contributed by atoms with E-state index < -0.39 is 23.6 Å². The number of aromatic nitrogens is 3. The van der Waals surface area contributed by atoms with Gasteiger partial charge < -0.3 is 29.9 Å². The summed E-state index contributed by atoms with van der Waals surface area (Å²) in [4.78, 5) is 72.3. The van der Waals surface area contributed by atoms with Crippen LogP contribution in [-0.4, -0.2) is 119 Å². The Hall–Kier alpha value is -6.88. The number of rotatable bonds is 8. The number of anilines is 5. The Bertz CT molecular complexity index is 2640. The lowest BCUT2D eigenvalue weighted by molar-refractivity contribution is -0.133. The number of pyridine rings is 1. The molecule has 16 nitrogen and oxygen atoms in total. The van der Waals surface area contributed by atoms with Crippen LogP contribution in [0.15, 0.2) is 73.1 Å². The maximum atomic E-state index is 15.3. The second-order valence-electron chi connectivity index (χ2n) is 18.0. The van der Waals surface area contributed by atoms with Gasteiger partial charge in [-0.25, -0.2) is 24.1 Å². The number of piperazine rings is 1. The first-order valence-electron chi connectivity index (χ1n) is 22.2. The van der Waals surface area contributed by atoms with E-state index in [4.69, 9.17) is 14.5 Å². The molecule has 1 unspecified atom stereocenters. The summed E-state index contributed by atoms with van der Waals surface area (Å²) >= 11 is 0. The molecule has 3 saturated heterocycles. The average molecular weight is 885 g/mol. The van der Waals surface area contributed by atoms with Crippen LogP contribution in [0, 0.1) is 12.7 Å². The fourth-order valence-electron chi connectivity index (χ4n) is 9.04. The van der Waals surface area contributed by atoms with Crippen molar-refractivity contribution >= 4 is 63.4 Å². The number of hydrogen-bond donors (Lipinski definition) is 3. The molecule has 6 heterocycles. The largest absolute Gasteiger partial charge is 0.474 e. The summed E-state index contributed by atoms with van der Waals surface area (Å²) in [5.74, 6) is -0.248. The molecular weight excluding hydrogens is 832 g/mol. The fraction of sp³-hybridized carbons (Fsp3) is 0.396. The third-order valence-electron chi connectivity index (χ3n) is 12.4. The smallest absolute Gasteiger partial charge is 0.415 e. The normalized spacial score (nSPS) is 18.5. The van der Waals surface area contributed by atoms with Crippen LogP contribution in [0.2, 0.25) is 0 Å². The van der Waals surface area contributed by atoms with Crippen LogP contribution in [0.4, 0.5) is 37.9 Å². The number of amides is 4. The Morgan fingerprint density at radius 1 is 0.877 bits per heavy atom. The van der Waals surface area contributed by atoms with Gasteiger partial charge in [-0.1, -0.05) is 12.1 Å². The van der Waals surface area contributed by atoms with E-state index in [0.29, 0.717) is 86.2 Å². The average Bonchev–Trinajstić information content (AvgIpc) is 3.29. The van der Waals surface area contributed by atoms with E-state index in [9.17, 15) is 19.2 Å². The van der Waals surface area contributed by atoms with Gasteiger partial charge in [-0.3, -0.25) is 29.5 Å². The molecule has 3 fully saturated rings. The van der Waals surface area contributed by atoms with Gasteiger partial charge in [0.25, 0.3) is 5.91 Å². The molecule has 4 aliphatic heterocycles. The maximum Gasteiger partial charge on any atom is 0.415 e. The van der Waals surface area contributed by atoms with Gasteiger partial charge in [-0.05, 0) is 107 Å². The number of piperidine rings is 2. The molecule has 338 valence electrons. The van der Waals surface area contributed by atoms with Crippen molar-refractivity contribution in [2.75, 3.05) is 72.9 Å². The Kier molecular flexibility index (Phi) is 12.0. The zero-order valence-corrected chi connectivity index (χ0v) is 37.0. The minimum Gasteiger partial charge on any atom is -0.474 e. The summed E-state index contributed by atoms with van der Waals surface area (Å²) in [5.41, 5.74) is 5.59. The van der Waals surface area contributed by atoms with Gasteiger partial charge in [0.1, 0.15) is 29.8 Å². The first-order chi connectivity index (χ1) is 31.3. The molecule has 4 aliphatic rings. The lowest BCUT2D eigenvalue weighted by atomic mass is 9.99. The highest BCUT2D eigenvalue weighted by molar-refractivity contribution is 6.01. The van der Waals surface area contributed by atoms with Crippen LogP contribution < -0.4 is 30.5 Å². The summed E-state index contributed by atoms with van der Waals surface area (Å²) in [6, 6.07) is 18.0. The molecule has 0 spiro atoms. The molecule has 2 aromatic heterocycles. The van der Waals surface area contributed by atoms with Crippen molar-refractivity contribution < 1.29 is 33.0 Å². The number of halogens is 1. The predicted octanol–water partition coefficient (Wildman–Crippen LogP) is 6.66. The molecule has 17 heteroatoms. The number of imide groups is 1. The highest BCUT2D eigenvalue weighted by atomic mass is 19.1. The molecule has 9 rings (SSSR count). The molecule has 3 aromatic carbocycles. The molecular formula is C48H53FN10O6. The second kappa shape index (κ2) is 17.9. The summed E-state index contributed by atoms with van der Waals surface area (Å²) in [7, 11) is 0. The SMILES string of the molecule is Cc1c(-c2ccc3cnc(Nc4ccc(C(=O)N5CCC(N6CCN(c7ccc(NC8CCC(=O)NC8=O)cc7F)CC6)CC5)cc4)nc3c2)cnc2c1N(C(=O)OC(C)(C)C)CCO2. The topological polar surface area (TPSA) is 174 Å². The standard InChI is InChI=1S/C48H53FN10O6/c1-29-36(28-50-44-42(29)59(23-24-64-44)47(63)65-48(2,3)4)31-5-6-32-27-51-46(54-39(32)25-31)53-33-9-7-30(8-10-33)45(62)58-17-15-35(16-18-58)56-19-21-57(22-20-56)40-13-11-34(26-37(40)49)52-38-12-14-41(60)55-43(38)61/h5-11,13,25-28,35,38,52H,12,14-24H2,1-4H3,(H,51,53,54)(H,55,60,61). The van der Waals surface area contributed by atoms with Gasteiger partial charge in [0.2, 0.25) is 23.6 Å². The highest BCUT2D eigenvalue weighted by Crippen LogP contribution is 2.40. The van der Waals surface area contributed by atoms with Gasteiger partial charge >= 0.3 is 6.09 Å². The van der Waals surface area contributed by atoms with Crippen LogP contribution in [-0.2, 0) is 14.3 Å². The maximum absolute atomic E-state index is 15.3. The van der Waals surface area contributed by atoms with Gasteiger partial charge in [0, 0.05) is 92.0 Å². The second-order valence-corrected chi connectivity index (χ2v) is 18.0. The minimum atomic E-state index is -0.649. The molecule has 0 aliphatic carbocycles. The Morgan fingerprint density at radius 3 is 2.35 bits per heavy atom. The van der Waals surface area contributed by atoms with Gasteiger partial charge in [0.15, 0.2) is 0 Å². The molecule has 65 heavy (non-hydrogen) atoms. The van der Waals surface area contributed by atoms with E-state index in [1.165, 1.54) is 6.07 Å². The van der Waals surface area contributed by atoms with Crippen molar-refractivity contribution in [3.05, 3.63) is 90.0 Å². The van der Waals surface area contributed by atoms with E-state index >= 15 is 4.39 Å². The minimum absolute atomic E-state index is 0.00643. The summed E-state index contributed by atoms with van der Waals surface area (Å²) in [5, 5.41) is 9.50. The van der Waals surface area contributed by atoms with Gasteiger partial charge in [-0.15, -0.1) is 0 Å². The molecule has 0 saturated carbocycles. The first-order valence-corrected chi connectivity index (χ1v) is 22.2. The number of carbonyl (C=O) groups is 4. The van der Waals surface area contributed by atoms with E-state index in [1.54, 1.807) is 29.4 Å². The van der Waals surface area contributed by atoms with Crippen molar-refractivity contribution in [3.63, 3.8) is 0 Å². The molecule has 3 N–H and O–H groups in total. The zero-order chi connectivity index (χ0) is 45.4. The van der Waals surface area contributed by atoms with Crippen molar-refractivity contribution in [2.24, 2.45) is 0 Å². The highest BCUT2D eigenvalue weighted by Gasteiger charge is 2.33. The van der Waals surface area contributed by atoms with Crippen molar-refractivity contribution in [3.8, 4) is 17.0 Å². The Morgan fingerprint density at radius 2 is 1.63 bits per heavy atom. The van der Waals surface area contributed by atoms with Crippen LogP contribution >= 0.6 is 0 Å². The molecule has 0 bridgehead atoms. The number of benzene rings is 3. The van der Waals surface area contributed by atoms with E-state index in [1.807, 2.05) is 75.1 Å². The number of fused-ring (bicyclic) bond motifs is 2. The Labute approximate surface area is 376 Å². The summed E-state index contributed by atoms with van der Waals surface area (Å²) in [6.45, 7) is 12.4. The lowest BCUT2D eigenvalue weighted by Gasteiger charge is -2.43. The first kappa shape index (κ1) is 43.4. The quantitative estimate of drug-likeness (QED) is 0.141. The zero-order valence-electron chi connectivity index (χ0n) is 37.0. The predicted molar refractivity (Wildman–Crippen MR) is 245 cm³/mol. The van der Waals surface area contributed by atoms with Crippen molar-refractivity contribution in [1.29, 1.82) is 0 Å². The van der Waals surface area contributed by atoms with Crippen LogP contribution in [0.3, 0.4) is 0 Å². The van der Waals surface area contributed by atoms with Crippen LogP contribution in [0.1, 0.15) is 62.4 Å². The fourth-order valence-corrected chi connectivity index (χ4v) is 9.04. The third-order valence-corrected chi connectivity index (χ3v) is 12.4. The molecule has 4 amide bonds. The van der Waals surface area contributed by atoms with Crippen LogP contribution in [0.5, 0.6) is 5.88 Å². The number of carbonyl (C=O) groups excluding carboxylic acids is 4. The molecule has 0 radical (unpaired) electrons. The lowest BCUT2D eigenvalue weighted by Crippen LogP contribution is -2.54.